The van der Waals surface area contributed by atoms with E-state index in [9.17, 15) is 9.59 Å². The number of esters is 1. The minimum Gasteiger partial charge on any atom is -0.497 e. The van der Waals surface area contributed by atoms with E-state index in [1.54, 1.807) is 30.3 Å². The first-order valence-corrected chi connectivity index (χ1v) is 7.90. The number of hydrogen-bond acceptors (Lipinski definition) is 6. The van der Waals surface area contributed by atoms with E-state index in [2.05, 4.69) is 4.74 Å². The Morgan fingerprint density at radius 2 is 1.92 bits per heavy atom. The summed E-state index contributed by atoms with van der Waals surface area (Å²) in [5.41, 5.74) is -2.03. The molecule has 0 bridgehead atoms. The average molecular weight is 358 g/mol. The fourth-order valence-corrected chi connectivity index (χ4v) is 3.52. The van der Waals surface area contributed by atoms with Crippen molar-refractivity contribution < 1.29 is 32.9 Å². The van der Waals surface area contributed by atoms with Crippen LogP contribution in [0.5, 0.6) is 17.2 Å². The Morgan fingerprint density at radius 3 is 2.62 bits per heavy atom. The minimum absolute atomic E-state index is 0.0218. The maximum absolute atomic E-state index is 15.9. The third-order valence-corrected chi connectivity index (χ3v) is 4.74. The van der Waals surface area contributed by atoms with Gasteiger partial charge in [0.05, 0.1) is 20.1 Å². The van der Waals surface area contributed by atoms with Crippen LogP contribution in [-0.2, 0) is 9.53 Å². The zero-order chi connectivity index (χ0) is 18.5. The number of Topliss-reactive ketones (excluding diaryl/α,β-unsaturated/α-hetero) is 1. The van der Waals surface area contributed by atoms with E-state index in [4.69, 9.17) is 14.2 Å². The number of hydrogen-bond donors (Lipinski definition) is 0. The van der Waals surface area contributed by atoms with Crippen LogP contribution < -0.4 is 14.2 Å². The van der Waals surface area contributed by atoms with Crippen LogP contribution in [0.15, 0.2) is 36.4 Å². The Hall–Kier alpha value is -3.09. The van der Waals surface area contributed by atoms with Crippen molar-refractivity contribution in [1.82, 2.24) is 0 Å². The highest BCUT2D eigenvalue weighted by atomic mass is 19.1. The highest BCUT2D eigenvalue weighted by Crippen LogP contribution is 2.51. The number of rotatable bonds is 3. The molecular formula is C19H15FO6. The van der Waals surface area contributed by atoms with Crippen molar-refractivity contribution >= 4 is 11.8 Å². The van der Waals surface area contributed by atoms with Gasteiger partial charge in [-0.2, -0.15) is 0 Å². The fraction of sp³-hybridized carbons (Fsp3) is 0.263. The molecule has 0 spiro atoms. The monoisotopic (exact) mass is 358 g/mol. The lowest BCUT2D eigenvalue weighted by atomic mass is 9.83. The van der Waals surface area contributed by atoms with Crippen LogP contribution in [0.2, 0.25) is 0 Å². The Balaban J connectivity index is 1.96. The molecule has 4 rings (SSSR count). The van der Waals surface area contributed by atoms with Crippen molar-refractivity contribution in [2.24, 2.45) is 0 Å². The molecule has 2 aliphatic rings. The van der Waals surface area contributed by atoms with Gasteiger partial charge in [0, 0.05) is 5.56 Å². The van der Waals surface area contributed by atoms with Gasteiger partial charge in [-0.15, -0.1) is 0 Å². The summed E-state index contributed by atoms with van der Waals surface area (Å²) < 4.78 is 36.3. The van der Waals surface area contributed by atoms with Gasteiger partial charge >= 0.3 is 5.97 Å². The number of ether oxygens (including phenoxy) is 4. The molecule has 0 saturated carbocycles. The van der Waals surface area contributed by atoms with Gasteiger partial charge in [0.25, 0.3) is 5.67 Å². The van der Waals surface area contributed by atoms with E-state index < -0.39 is 23.3 Å². The molecule has 134 valence electrons. The number of alkyl halides is 1. The molecule has 1 heterocycles. The molecule has 2 atom stereocenters. The van der Waals surface area contributed by atoms with Gasteiger partial charge < -0.3 is 18.9 Å². The first-order valence-electron chi connectivity index (χ1n) is 7.90. The molecular weight excluding hydrogens is 343 g/mol. The van der Waals surface area contributed by atoms with Gasteiger partial charge in [-0.3, -0.25) is 4.79 Å². The van der Waals surface area contributed by atoms with Crippen LogP contribution in [0.1, 0.15) is 27.4 Å². The Morgan fingerprint density at radius 1 is 1.19 bits per heavy atom. The summed E-state index contributed by atoms with van der Waals surface area (Å²) in [6.45, 7) is 0.0218. The fourth-order valence-electron chi connectivity index (χ4n) is 3.52. The minimum atomic E-state index is -2.88. The van der Waals surface area contributed by atoms with Crippen LogP contribution in [0.4, 0.5) is 4.39 Å². The third kappa shape index (κ3) is 2.09. The summed E-state index contributed by atoms with van der Waals surface area (Å²) in [5.74, 6) is -2.15. The molecule has 1 aliphatic carbocycles. The predicted octanol–water partition coefficient (Wildman–Crippen LogP) is 2.63. The summed E-state index contributed by atoms with van der Waals surface area (Å²) >= 11 is 0. The van der Waals surface area contributed by atoms with E-state index in [0.717, 1.165) is 7.11 Å². The van der Waals surface area contributed by atoms with Crippen LogP contribution in [0, 0.1) is 0 Å². The van der Waals surface area contributed by atoms with Gasteiger partial charge in [0.1, 0.15) is 5.75 Å². The van der Waals surface area contributed by atoms with Crippen molar-refractivity contribution in [3.63, 3.8) is 0 Å². The van der Waals surface area contributed by atoms with Crippen molar-refractivity contribution in [1.29, 1.82) is 0 Å². The van der Waals surface area contributed by atoms with Crippen LogP contribution in [-0.4, -0.2) is 38.4 Å². The van der Waals surface area contributed by atoms with Gasteiger partial charge in [0.15, 0.2) is 11.5 Å². The first kappa shape index (κ1) is 16.4. The second kappa shape index (κ2) is 5.72. The number of benzene rings is 2. The molecule has 0 saturated heterocycles. The van der Waals surface area contributed by atoms with E-state index in [0.29, 0.717) is 28.4 Å². The molecule has 6 nitrogen and oxygen atoms in total. The van der Waals surface area contributed by atoms with E-state index in [1.807, 2.05) is 0 Å². The standard InChI is InChI=1S/C19H15FO6/c1-23-11-5-3-4-10(6-11)16-12-7-14-15(26-9-25-14)8-13(12)17(21)19(16,20)18(22)24-2/h3-8,16H,9H2,1-2H3/t16-,19+/m1/s1. The molecule has 0 aromatic heterocycles. The lowest BCUT2D eigenvalue weighted by Crippen LogP contribution is -2.44. The number of halogens is 1. The molecule has 2 aromatic rings. The maximum atomic E-state index is 15.9. The van der Waals surface area contributed by atoms with Crippen molar-refractivity contribution in [2.45, 2.75) is 11.6 Å². The summed E-state index contributed by atoms with van der Waals surface area (Å²) in [6.07, 6.45) is 0. The zero-order valence-electron chi connectivity index (χ0n) is 14.1. The predicted molar refractivity (Wildman–Crippen MR) is 87.6 cm³/mol. The van der Waals surface area contributed by atoms with Crippen LogP contribution >= 0.6 is 0 Å². The van der Waals surface area contributed by atoms with Crippen LogP contribution in [0.3, 0.4) is 0 Å². The molecule has 2 aromatic carbocycles. The smallest absolute Gasteiger partial charge is 0.352 e. The van der Waals surface area contributed by atoms with Crippen molar-refractivity contribution in [3.05, 3.63) is 53.1 Å². The SMILES string of the molecule is COC(=O)[C@@]1(F)C(=O)c2cc3c(cc2[C@H]1c1cccc(OC)c1)OCO3. The van der Waals surface area contributed by atoms with Crippen LogP contribution in [0.25, 0.3) is 0 Å². The second-order valence-electron chi connectivity index (χ2n) is 6.03. The van der Waals surface area contributed by atoms with Crippen molar-refractivity contribution in [3.8, 4) is 17.2 Å². The van der Waals surface area contributed by atoms with E-state index >= 15 is 4.39 Å². The zero-order valence-corrected chi connectivity index (χ0v) is 14.1. The summed E-state index contributed by atoms with van der Waals surface area (Å²) in [7, 11) is 2.53. The maximum Gasteiger partial charge on any atom is 0.352 e. The number of carbonyl (C=O) groups is 2. The first-order chi connectivity index (χ1) is 12.5. The normalized spacial score (nSPS) is 22.9. The van der Waals surface area contributed by atoms with Gasteiger partial charge in [-0.05, 0) is 35.4 Å². The third-order valence-electron chi connectivity index (χ3n) is 4.74. The Bertz CT molecular complexity index is 924. The molecule has 7 heteroatoms. The summed E-state index contributed by atoms with van der Waals surface area (Å²) in [6, 6.07) is 9.55. The summed E-state index contributed by atoms with van der Waals surface area (Å²) in [5, 5.41) is 0. The largest absolute Gasteiger partial charge is 0.497 e. The lowest BCUT2D eigenvalue weighted by Gasteiger charge is -2.24. The number of ketones is 1. The number of carbonyl (C=O) groups excluding carboxylic acids is 2. The topological polar surface area (TPSA) is 71.1 Å². The number of methoxy groups -OCH3 is 2. The van der Waals surface area contributed by atoms with Gasteiger partial charge in [-0.1, -0.05) is 12.1 Å². The molecule has 0 radical (unpaired) electrons. The molecule has 0 fully saturated rings. The molecule has 0 N–H and O–H groups in total. The van der Waals surface area contributed by atoms with Crippen molar-refractivity contribution in [2.75, 3.05) is 21.0 Å². The van der Waals surface area contributed by atoms with E-state index in [-0.39, 0.29) is 12.4 Å². The average Bonchev–Trinajstić information content (AvgIpc) is 3.21. The van der Waals surface area contributed by atoms with Gasteiger partial charge in [0.2, 0.25) is 12.6 Å². The summed E-state index contributed by atoms with van der Waals surface area (Å²) in [4.78, 5) is 25.1. The second-order valence-corrected chi connectivity index (χ2v) is 6.03. The molecule has 0 amide bonds. The Labute approximate surface area is 148 Å². The quantitative estimate of drug-likeness (QED) is 0.621. The molecule has 1 aliphatic heterocycles. The van der Waals surface area contributed by atoms with Gasteiger partial charge in [-0.25, -0.2) is 9.18 Å². The molecule has 26 heavy (non-hydrogen) atoms. The highest BCUT2D eigenvalue weighted by Gasteiger charge is 2.61. The van der Waals surface area contributed by atoms with E-state index in [1.165, 1.54) is 13.2 Å². The Kier molecular flexibility index (Phi) is 3.61. The molecule has 0 unspecified atom stereocenters. The highest BCUT2D eigenvalue weighted by molar-refractivity contribution is 6.20. The lowest BCUT2D eigenvalue weighted by molar-refractivity contribution is -0.151. The number of fused-ring (bicyclic) bond motifs is 2.